The van der Waals surface area contributed by atoms with Crippen molar-refractivity contribution in [2.24, 2.45) is 23.7 Å². The number of methoxy groups -OCH3 is 2. The van der Waals surface area contributed by atoms with Crippen LogP contribution in [-0.2, 0) is 40.0 Å². The monoisotopic (exact) mass is 838 g/mol. The molecule has 3 rings (SSSR count). The van der Waals surface area contributed by atoms with Gasteiger partial charge in [-0.05, 0) is 48.6 Å². The molecule has 1 heterocycles. The van der Waals surface area contributed by atoms with Crippen LogP contribution in [0.2, 0.25) is 0 Å². The molecule has 334 valence electrons. The van der Waals surface area contributed by atoms with Crippen molar-refractivity contribution < 1.29 is 43.3 Å². The minimum atomic E-state index is -0.943. The predicted molar refractivity (Wildman–Crippen MR) is 230 cm³/mol. The molecule has 0 bridgehead atoms. The summed E-state index contributed by atoms with van der Waals surface area (Å²) in [5.74, 6) is -2.71. The van der Waals surface area contributed by atoms with Gasteiger partial charge in [0.25, 0.3) is 0 Å². The lowest BCUT2D eigenvalue weighted by molar-refractivity contribution is -0.147. The summed E-state index contributed by atoms with van der Waals surface area (Å²) in [5, 5.41) is 16.7. The SMILES string of the molecule is CO[C@H]([C@@H](C)C(=O)N[C@H](C)[C@@H](O)c1ccccc1)[C@@H]1CCCN1C(=O)C[C@@H](OC)[C@H](C(C)C)N(C)C(=O)[C@@H](NC(=O)[C@H](C(C)C)N(C)C(=O)OCc1ccccc1)C(C)C. The minimum Gasteiger partial charge on any atom is -0.445 e. The second-order valence-corrected chi connectivity index (χ2v) is 17.2. The van der Waals surface area contributed by atoms with Crippen LogP contribution in [0.4, 0.5) is 4.79 Å². The Balaban J connectivity index is 1.73. The van der Waals surface area contributed by atoms with E-state index in [0.717, 1.165) is 12.0 Å². The fourth-order valence-electron chi connectivity index (χ4n) is 8.40. The summed E-state index contributed by atoms with van der Waals surface area (Å²) in [5.41, 5.74) is 1.51. The molecule has 1 aliphatic heterocycles. The van der Waals surface area contributed by atoms with E-state index in [-0.39, 0.29) is 54.5 Å². The van der Waals surface area contributed by atoms with E-state index in [1.165, 1.54) is 26.2 Å². The van der Waals surface area contributed by atoms with Gasteiger partial charge in [0.2, 0.25) is 23.6 Å². The van der Waals surface area contributed by atoms with Crippen LogP contribution in [0.5, 0.6) is 0 Å². The molecule has 1 fully saturated rings. The first-order chi connectivity index (χ1) is 28.4. The lowest BCUT2D eigenvalue weighted by atomic mass is 9.91. The van der Waals surface area contributed by atoms with E-state index >= 15 is 0 Å². The Labute approximate surface area is 357 Å². The number of likely N-dealkylation sites (N-methyl/N-ethyl adjacent to an activating group) is 2. The van der Waals surface area contributed by atoms with E-state index in [9.17, 15) is 29.1 Å². The first-order valence-electron chi connectivity index (χ1n) is 21.2. The fourth-order valence-corrected chi connectivity index (χ4v) is 8.40. The van der Waals surface area contributed by atoms with E-state index in [4.69, 9.17) is 14.2 Å². The quantitative estimate of drug-likeness (QED) is 0.153. The average Bonchev–Trinajstić information content (AvgIpc) is 3.71. The van der Waals surface area contributed by atoms with Crippen molar-refractivity contribution in [2.75, 3.05) is 34.9 Å². The van der Waals surface area contributed by atoms with Crippen LogP contribution in [0.25, 0.3) is 0 Å². The highest BCUT2D eigenvalue weighted by atomic mass is 16.6. The molecule has 2 aromatic carbocycles. The second-order valence-electron chi connectivity index (χ2n) is 17.2. The van der Waals surface area contributed by atoms with Crippen molar-refractivity contribution in [3.8, 4) is 0 Å². The third-order valence-electron chi connectivity index (χ3n) is 11.7. The number of carbonyl (C=O) groups excluding carboxylic acids is 5. The average molecular weight is 838 g/mol. The molecule has 0 radical (unpaired) electrons. The van der Waals surface area contributed by atoms with Crippen molar-refractivity contribution in [1.29, 1.82) is 0 Å². The Morgan fingerprint density at radius 3 is 1.92 bits per heavy atom. The molecule has 5 amide bonds. The number of benzene rings is 2. The molecule has 60 heavy (non-hydrogen) atoms. The maximum absolute atomic E-state index is 14.4. The van der Waals surface area contributed by atoms with Gasteiger partial charge in [0, 0.05) is 34.9 Å². The van der Waals surface area contributed by atoms with Gasteiger partial charge in [0.15, 0.2) is 0 Å². The fraction of sp³-hybridized carbons (Fsp3) is 0.630. The lowest BCUT2D eigenvalue weighted by Crippen LogP contribution is -2.60. The lowest BCUT2D eigenvalue weighted by Gasteiger charge is -2.40. The minimum absolute atomic E-state index is 0.0329. The van der Waals surface area contributed by atoms with Crippen molar-refractivity contribution in [3.05, 3.63) is 71.8 Å². The zero-order chi connectivity index (χ0) is 44.8. The number of aliphatic hydroxyl groups is 1. The van der Waals surface area contributed by atoms with Gasteiger partial charge in [0.1, 0.15) is 18.7 Å². The molecular weight excluding hydrogens is 767 g/mol. The van der Waals surface area contributed by atoms with Gasteiger partial charge in [-0.3, -0.25) is 24.1 Å². The molecular formula is C46H71N5O9. The third-order valence-corrected chi connectivity index (χ3v) is 11.7. The standard InChI is InChI=1S/C46H71N5O9/c1-28(2)38(48-44(55)40(30(5)6)50(10)46(57)60-27-33-20-15-13-16-21-33)45(56)49(9)39(29(3)4)36(58-11)26-37(52)51-25-19-24-35(51)42(59-12)31(7)43(54)47-32(8)41(53)34-22-17-14-18-23-34/h13-18,20-23,28-32,35-36,38-42,53H,19,24-27H2,1-12H3,(H,47,54)(H,48,55)/t31-,32-,35+,36-,38+,39+,40+,41-,42-/m1/s1. The van der Waals surface area contributed by atoms with Crippen LogP contribution in [-0.4, -0.2) is 127 Å². The number of hydrogen-bond acceptors (Lipinski definition) is 9. The normalized spacial score (nSPS) is 18.2. The summed E-state index contributed by atoms with van der Waals surface area (Å²) in [7, 11) is 6.23. The van der Waals surface area contributed by atoms with Crippen LogP contribution in [0.3, 0.4) is 0 Å². The summed E-state index contributed by atoms with van der Waals surface area (Å²) in [4.78, 5) is 73.7. The van der Waals surface area contributed by atoms with Crippen molar-refractivity contribution in [3.63, 3.8) is 0 Å². The van der Waals surface area contributed by atoms with Crippen molar-refractivity contribution in [1.82, 2.24) is 25.3 Å². The van der Waals surface area contributed by atoms with Crippen LogP contribution in [0, 0.1) is 23.7 Å². The molecule has 1 saturated heterocycles. The molecule has 2 aromatic rings. The van der Waals surface area contributed by atoms with Gasteiger partial charge in [-0.1, -0.05) is 109 Å². The Morgan fingerprint density at radius 1 is 0.783 bits per heavy atom. The van der Waals surface area contributed by atoms with Gasteiger partial charge >= 0.3 is 6.09 Å². The molecule has 0 unspecified atom stereocenters. The first kappa shape index (κ1) is 49.8. The predicted octanol–water partition coefficient (Wildman–Crippen LogP) is 5.19. The van der Waals surface area contributed by atoms with E-state index < -0.39 is 60.4 Å². The number of aliphatic hydroxyl groups excluding tert-OH is 1. The molecule has 14 heteroatoms. The smallest absolute Gasteiger partial charge is 0.410 e. The summed E-state index contributed by atoms with van der Waals surface area (Å²) in [6, 6.07) is 15.0. The van der Waals surface area contributed by atoms with Crippen LogP contribution >= 0.6 is 0 Å². The van der Waals surface area contributed by atoms with Crippen LogP contribution in [0.15, 0.2) is 60.7 Å². The number of likely N-dealkylation sites (tertiary alicyclic amines) is 1. The van der Waals surface area contributed by atoms with Crippen LogP contribution < -0.4 is 10.6 Å². The molecule has 0 saturated carbocycles. The van der Waals surface area contributed by atoms with Gasteiger partial charge in [-0.15, -0.1) is 0 Å². The van der Waals surface area contributed by atoms with Gasteiger partial charge in [-0.25, -0.2) is 4.79 Å². The molecule has 1 aliphatic rings. The summed E-state index contributed by atoms with van der Waals surface area (Å²) in [6.45, 7) is 15.3. The van der Waals surface area contributed by atoms with Crippen molar-refractivity contribution >= 4 is 29.7 Å². The molecule has 9 atom stereocenters. The van der Waals surface area contributed by atoms with Crippen molar-refractivity contribution in [2.45, 2.75) is 130 Å². The molecule has 14 nitrogen and oxygen atoms in total. The van der Waals surface area contributed by atoms with E-state index in [1.807, 2.05) is 90.1 Å². The molecule has 0 aliphatic carbocycles. The second kappa shape index (κ2) is 23.5. The Hall–Kier alpha value is -4.53. The number of ether oxygens (including phenoxy) is 3. The van der Waals surface area contributed by atoms with E-state index in [1.54, 1.807) is 42.8 Å². The largest absolute Gasteiger partial charge is 0.445 e. The number of nitrogens with zero attached hydrogens (tertiary/aromatic N) is 3. The molecule has 0 spiro atoms. The summed E-state index contributed by atoms with van der Waals surface area (Å²) in [6.07, 6.45) is -1.54. The number of rotatable bonds is 21. The number of hydrogen-bond donors (Lipinski definition) is 3. The Kier molecular flexibility index (Phi) is 19.5. The number of amides is 5. The van der Waals surface area contributed by atoms with Crippen LogP contribution in [0.1, 0.15) is 91.9 Å². The van der Waals surface area contributed by atoms with Gasteiger partial charge in [0.05, 0.1) is 48.8 Å². The van der Waals surface area contributed by atoms with Gasteiger partial charge < -0.3 is 39.8 Å². The third kappa shape index (κ3) is 13.0. The summed E-state index contributed by atoms with van der Waals surface area (Å²) < 4.78 is 17.4. The molecule has 3 N–H and O–H groups in total. The Bertz CT molecular complexity index is 1680. The zero-order valence-corrected chi connectivity index (χ0v) is 37.8. The number of nitrogens with one attached hydrogen (secondary N) is 2. The van der Waals surface area contributed by atoms with Gasteiger partial charge in [-0.2, -0.15) is 0 Å². The van der Waals surface area contributed by atoms with E-state index in [2.05, 4.69) is 10.6 Å². The maximum Gasteiger partial charge on any atom is 0.410 e. The highest BCUT2D eigenvalue weighted by Gasteiger charge is 2.43. The highest BCUT2D eigenvalue weighted by molar-refractivity contribution is 5.91. The van der Waals surface area contributed by atoms with E-state index in [0.29, 0.717) is 18.5 Å². The molecule has 0 aromatic heterocycles. The maximum atomic E-state index is 14.4. The highest BCUT2D eigenvalue weighted by Crippen LogP contribution is 2.30. The number of carbonyl (C=O) groups is 5. The Morgan fingerprint density at radius 2 is 1.38 bits per heavy atom. The topological polar surface area (TPSA) is 167 Å². The first-order valence-corrected chi connectivity index (χ1v) is 21.2. The summed E-state index contributed by atoms with van der Waals surface area (Å²) >= 11 is 0. The zero-order valence-electron chi connectivity index (χ0n) is 37.8.